The minimum Gasteiger partial charge on any atom is -0.0683 e. The van der Waals surface area contributed by atoms with Crippen LogP contribution in [-0.2, 0) is 12.8 Å². The Hall–Kier alpha value is -0.780. The van der Waals surface area contributed by atoms with E-state index in [0.717, 1.165) is 5.92 Å². The van der Waals surface area contributed by atoms with Crippen molar-refractivity contribution in [3.63, 3.8) is 0 Å². The fourth-order valence-corrected chi connectivity index (χ4v) is 2.61. The van der Waals surface area contributed by atoms with Gasteiger partial charge in [0.2, 0.25) is 0 Å². The molecule has 0 heterocycles. The summed E-state index contributed by atoms with van der Waals surface area (Å²) in [6.45, 7) is 8.00. The van der Waals surface area contributed by atoms with Gasteiger partial charge in [-0.3, -0.25) is 0 Å². The van der Waals surface area contributed by atoms with Crippen LogP contribution in [0.4, 0.5) is 0 Å². The molecular formula is C15H24. The molecule has 0 amide bonds. The average Bonchev–Trinajstić information content (AvgIpc) is 2.32. The van der Waals surface area contributed by atoms with Crippen LogP contribution >= 0.6 is 0 Å². The molecule has 1 aromatic carbocycles. The van der Waals surface area contributed by atoms with E-state index in [4.69, 9.17) is 0 Å². The summed E-state index contributed by atoms with van der Waals surface area (Å²) in [6, 6.07) is 6.82. The molecule has 1 aromatic rings. The number of rotatable bonds is 0. The van der Waals surface area contributed by atoms with Crippen LogP contribution in [0.1, 0.15) is 63.1 Å². The Morgan fingerprint density at radius 2 is 1.67 bits per heavy atom. The Morgan fingerprint density at radius 1 is 1.00 bits per heavy atom. The van der Waals surface area contributed by atoms with Crippen molar-refractivity contribution in [1.82, 2.24) is 0 Å². The van der Waals surface area contributed by atoms with Gasteiger partial charge in [-0.1, -0.05) is 45.9 Å². The van der Waals surface area contributed by atoms with Crippen molar-refractivity contribution >= 4 is 0 Å². The molecule has 0 bridgehead atoms. The fraction of sp³-hybridized carbons (Fsp3) is 0.600. The van der Waals surface area contributed by atoms with Crippen molar-refractivity contribution in [2.75, 3.05) is 0 Å². The van der Waals surface area contributed by atoms with E-state index in [-0.39, 0.29) is 0 Å². The zero-order valence-electron chi connectivity index (χ0n) is 10.6. The van der Waals surface area contributed by atoms with Crippen LogP contribution in [0.25, 0.3) is 0 Å². The normalized spacial score (nSPS) is 19.6. The highest BCUT2D eigenvalue weighted by Crippen LogP contribution is 2.44. The fourth-order valence-electron chi connectivity index (χ4n) is 2.61. The summed E-state index contributed by atoms with van der Waals surface area (Å²) in [7, 11) is 0. The minimum atomic E-state index is 0.954. The van der Waals surface area contributed by atoms with E-state index in [9.17, 15) is 0 Å². The van der Waals surface area contributed by atoms with Crippen LogP contribution in [0.15, 0.2) is 18.2 Å². The first-order valence-corrected chi connectivity index (χ1v) is 6.56. The van der Waals surface area contributed by atoms with Gasteiger partial charge in [-0.05, 0) is 48.3 Å². The van der Waals surface area contributed by atoms with E-state index in [1.165, 1.54) is 25.7 Å². The van der Waals surface area contributed by atoms with Gasteiger partial charge < -0.3 is 0 Å². The highest BCUT2D eigenvalue weighted by atomic mass is 14.3. The monoisotopic (exact) mass is 204 g/mol. The standard InChI is InChI=1S/C11H12.2C2H6/c1-3-8-4-2-6-10-7-9(5-1)11(8)10;2*1-2/h1,3,5,10H,2,4,6-7H2;2*1-2H3. The Labute approximate surface area is 94.7 Å². The van der Waals surface area contributed by atoms with E-state index in [2.05, 4.69) is 18.2 Å². The van der Waals surface area contributed by atoms with Crippen molar-refractivity contribution in [2.45, 2.75) is 59.3 Å². The quantitative estimate of drug-likeness (QED) is 0.574. The second-order valence-corrected chi connectivity index (χ2v) is 3.78. The van der Waals surface area contributed by atoms with Crippen LogP contribution in [0.2, 0.25) is 0 Å². The van der Waals surface area contributed by atoms with Crippen LogP contribution < -0.4 is 0 Å². The van der Waals surface area contributed by atoms with Crippen molar-refractivity contribution in [3.05, 3.63) is 34.9 Å². The molecule has 2 aliphatic rings. The lowest BCUT2D eigenvalue weighted by molar-refractivity contribution is 0.497. The minimum absolute atomic E-state index is 0.954. The van der Waals surface area contributed by atoms with E-state index in [1.807, 2.05) is 27.7 Å². The third-order valence-electron chi connectivity index (χ3n) is 3.16. The van der Waals surface area contributed by atoms with E-state index >= 15 is 0 Å². The molecule has 1 atom stereocenters. The molecule has 15 heavy (non-hydrogen) atoms. The lowest BCUT2D eigenvalue weighted by atomic mass is 9.69. The van der Waals surface area contributed by atoms with E-state index < -0.39 is 0 Å². The predicted octanol–water partition coefficient (Wildman–Crippen LogP) is 4.72. The predicted molar refractivity (Wildman–Crippen MR) is 68.5 cm³/mol. The first-order chi connectivity index (χ1) is 7.45. The molecule has 0 spiro atoms. The zero-order chi connectivity index (χ0) is 11.3. The van der Waals surface area contributed by atoms with Crippen molar-refractivity contribution < 1.29 is 0 Å². The summed E-state index contributed by atoms with van der Waals surface area (Å²) in [5.74, 6) is 0.954. The third kappa shape index (κ3) is 2.25. The van der Waals surface area contributed by atoms with Gasteiger partial charge >= 0.3 is 0 Å². The molecule has 0 aliphatic heterocycles. The number of aryl methyl sites for hydroxylation is 1. The van der Waals surface area contributed by atoms with Gasteiger partial charge in [0, 0.05) is 0 Å². The van der Waals surface area contributed by atoms with Crippen LogP contribution in [0, 0.1) is 0 Å². The highest BCUT2D eigenvalue weighted by molar-refractivity contribution is 5.47. The van der Waals surface area contributed by atoms with Crippen molar-refractivity contribution in [3.8, 4) is 0 Å². The Bertz CT molecular complexity index is 299. The molecular weight excluding hydrogens is 180 g/mol. The van der Waals surface area contributed by atoms with E-state index in [0.29, 0.717) is 0 Å². The maximum Gasteiger partial charge on any atom is -0.0116 e. The first kappa shape index (κ1) is 12.3. The van der Waals surface area contributed by atoms with Gasteiger partial charge in [-0.2, -0.15) is 0 Å². The molecule has 2 aliphatic carbocycles. The summed E-state index contributed by atoms with van der Waals surface area (Å²) in [5, 5.41) is 0. The lowest BCUT2D eigenvalue weighted by Gasteiger charge is -2.36. The Balaban J connectivity index is 0.000000255. The largest absolute Gasteiger partial charge is 0.0683 e. The summed E-state index contributed by atoms with van der Waals surface area (Å²) in [6.07, 6.45) is 5.56. The highest BCUT2D eigenvalue weighted by Gasteiger charge is 2.30. The van der Waals surface area contributed by atoms with Crippen molar-refractivity contribution in [2.24, 2.45) is 0 Å². The molecule has 0 nitrogen and oxygen atoms in total. The summed E-state index contributed by atoms with van der Waals surface area (Å²) in [5.41, 5.74) is 5.00. The molecule has 0 heteroatoms. The smallest absolute Gasteiger partial charge is 0.0116 e. The summed E-state index contributed by atoms with van der Waals surface area (Å²) >= 11 is 0. The maximum absolute atomic E-state index is 2.31. The summed E-state index contributed by atoms with van der Waals surface area (Å²) in [4.78, 5) is 0. The summed E-state index contributed by atoms with van der Waals surface area (Å²) < 4.78 is 0. The van der Waals surface area contributed by atoms with Crippen LogP contribution in [-0.4, -0.2) is 0 Å². The average molecular weight is 204 g/mol. The topological polar surface area (TPSA) is 0 Å². The lowest BCUT2D eigenvalue weighted by Crippen LogP contribution is -2.23. The van der Waals surface area contributed by atoms with Crippen LogP contribution in [0.5, 0.6) is 0 Å². The molecule has 3 rings (SSSR count). The molecule has 84 valence electrons. The van der Waals surface area contributed by atoms with Crippen molar-refractivity contribution in [1.29, 1.82) is 0 Å². The van der Waals surface area contributed by atoms with Gasteiger partial charge in [0.25, 0.3) is 0 Å². The third-order valence-corrected chi connectivity index (χ3v) is 3.16. The zero-order valence-corrected chi connectivity index (χ0v) is 10.6. The van der Waals surface area contributed by atoms with Gasteiger partial charge in [0.15, 0.2) is 0 Å². The molecule has 0 saturated carbocycles. The maximum atomic E-state index is 2.31. The molecule has 0 saturated heterocycles. The van der Waals surface area contributed by atoms with Crippen LogP contribution in [0.3, 0.4) is 0 Å². The van der Waals surface area contributed by atoms with E-state index in [1.54, 1.807) is 16.7 Å². The first-order valence-electron chi connectivity index (χ1n) is 6.56. The molecule has 0 N–H and O–H groups in total. The second kappa shape index (κ2) is 5.95. The van der Waals surface area contributed by atoms with Gasteiger partial charge in [0.05, 0.1) is 0 Å². The molecule has 0 aromatic heterocycles. The SMILES string of the molecule is CC.CC.c1cc2c3c(c1)CC3CCC2. The van der Waals surface area contributed by atoms with Gasteiger partial charge in [0.1, 0.15) is 0 Å². The number of hydrogen-bond donors (Lipinski definition) is 0. The van der Waals surface area contributed by atoms with Gasteiger partial charge in [-0.15, -0.1) is 0 Å². The Kier molecular flexibility index (Phi) is 4.87. The number of hydrogen-bond acceptors (Lipinski definition) is 0. The Morgan fingerprint density at radius 3 is 2.33 bits per heavy atom. The molecule has 0 fully saturated rings. The van der Waals surface area contributed by atoms with Gasteiger partial charge in [-0.25, -0.2) is 0 Å². The number of benzene rings is 1. The molecule has 1 unspecified atom stereocenters. The molecule has 0 radical (unpaired) electrons. The second-order valence-electron chi connectivity index (χ2n) is 3.78.